The molecule has 1 saturated heterocycles. The number of rotatable bonds is 1. The summed E-state index contributed by atoms with van der Waals surface area (Å²) in [6.07, 6.45) is 0. The number of nitrogens with one attached hydrogen (secondary N) is 2. The summed E-state index contributed by atoms with van der Waals surface area (Å²) < 4.78 is 5.41. The van der Waals surface area contributed by atoms with Gasteiger partial charge in [0.15, 0.2) is 0 Å². The van der Waals surface area contributed by atoms with Crippen LogP contribution in [0.25, 0.3) is 11.0 Å². The molecule has 4 nitrogen and oxygen atoms in total. The summed E-state index contributed by atoms with van der Waals surface area (Å²) in [5.74, 6) is 0.968. The number of hydrogen-bond acceptors (Lipinski definition) is 3. The standard InChI is InChI=1S/C11H13N3O/c1-2-4-9-8(3-1)13-11(14-9)10-7-15-6-5-12-10/h1-4,10,12H,5-7H2,(H,13,14)/t10-/m0/s1. The van der Waals surface area contributed by atoms with Gasteiger partial charge in [0.25, 0.3) is 0 Å². The fraction of sp³-hybridized carbons (Fsp3) is 0.364. The molecular formula is C11H13N3O. The number of aromatic amines is 1. The molecular weight excluding hydrogens is 190 g/mol. The number of nitrogens with zero attached hydrogens (tertiary/aromatic N) is 1. The van der Waals surface area contributed by atoms with E-state index in [1.54, 1.807) is 0 Å². The lowest BCUT2D eigenvalue weighted by atomic mass is 10.3. The maximum atomic E-state index is 5.41. The molecule has 3 rings (SSSR count). The van der Waals surface area contributed by atoms with Gasteiger partial charge in [-0.3, -0.25) is 0 Å². The average Bonchev–Trinajstić information content (AvgIpc) is 2.74. The Kier molecular flexibility index (Phi) is 2.16. The summed E-state index contributed by atoms with van der Waals surface area (Å²) in [6.45, 7) is 2.37. The van der Waals surface area contributed by atoms with Gasteiger partial charge < -0.3 is 15.0 Å². The van der Waals surface area contributed by atoms with Gasteiger partial charge in [-0.15, -0.1) is 0 Å². The van der Waals surface area contributed by atoms with Crippen molar-refractivity contribution in [3.8, 4) is 0 Å². The molecule has 0 bridgehead atoms. The van der Waals surface area contributed by atoms with Gasteiger partial charge >= 0.3 is 0 Å². The van der Waals surface area contributed by atoms with Crippen LogP contribution in [0.2, 0.25) is 0 Å². The first-order valence-corrected chi connectivity index (χ1v) is 5.19. The number of hydrogen-bond donors (Lipinski definition) is 2. The number of para-hydroxylation sites is 2. The van der Waals surface area contributed by atoms with Crippen molar-refractivity contribution in [3.05, 3.63) is 30.1 Å². The van der Waals surface area contributed by atoms with E-state index < -0.39 is 0 Å². The Morgan fingerprint density at radius 2 is 2.27 bits per heavy atom. The lowest BCUT2D eigenvalue weighted by Gasteiger charge is -2.21. The van der Waals surface area contributed by atoms with E-state index in [1.165, 1.54) is 0 Å². The van der Waals surface area contributed by atoms with Gasteiger partial charge in [0.05, 0.1) is 30.3 Å². The second kappa shape index (κ2) is 3.64. The first-order valence-electron chi connectivity index (χ1n) is 5.19. The molecule has 4 heteroatoms. The van der Waals surface area contributed by atoms with Gasteiger partial charge in [-0.05, 0) is 12.1 Å². The van der Waals surface area contributed by atoms with Crippen LogP contribution in [0, 0.1) is 0 Å². The summed E-state index contributed by atoms with van der Waals surface area (Å²) in [5, 5.41) is 3.38. The van der Waals surface area contributed by atoms with Crippen molar-refractivity contribution in [1.29, 1.82) is 0 Å². The predicted octanol–water partition coefficient (Wildman–Crippen LogP) is 1.22. The van der Waals surface area contributed by atoms with Crippen molar-refractivity contribution in [3.63, 3.8) is 0 Å². The zero-order chi connectivity index (χ0) is 10.1. The predicted molar refractivity (Wildman–Crippen MR) is 57.7 cm³/mol. The molecule has 2 heterocycles. The third kappa shape index (κ3) is 1.62. The SMILES string of the molecule is c1ccc2[nH]c([C@@H]3COCCN3)nc2c1. The van der Waals surface area contributed by atoms with Crippen LogP contribution in [0.3, 0.4) is 0 Å². The number of imidazole rings is 1. The molecule has 15 heavy (non-hydrogen) atoms. The van der Waals surface area contributed by atoms with E-state index in [0.717, 1.165) is 30.0 Å². The molecule has 1 aliphatic rings. The van der Waals surface area contributed by atoms with Gasteiger partial charge in [-0.2, -0.15) is 0 Å². The van der Waals surface area contributed by atoms with Crippen molar-refractivity contribution in [2.75, 3.05) is 19.8 Å². The zero-order valence-electron chi connectivity index (χ0n) is 8.36. The minimum absolute atomic E-state index is 0.200. The maximum absolute atomic E-state index is 5.41. The fourth-order valence-electron chi connectivity index (χ4n) is 1.88. The topological polar surface area (TPSA) is 49.9 Å². The van der Waals surface area contributed by atoms with Crippen molar-refractivity contribution in [1.82, 2.24) is 15.3 Å². The summed E-state index contributed by atoms with van der Waals surface area (Å²) in [4.78, 5) is 7.85. The van der Waals surface area contributed by atoms with Gasteiger partial charge in [0, 0.05) is 6.54 Å². The van der Waals surface area contributed by atoms with E-state index in [9.17, 15) is 0 Å². The molecule has 1 aromatic heterocycles. The molecule has 1 fully saturated rings. The van der Waals surface area contributed by atoms with Gasteiger partial charge in [0.1, 0.15) is 5.82 Å². The third-order valence-corrected chi connectivity index (χ3v) is 2.66. The minimum Gasteiger partial charge on any atom is -0.378 e. The highest BCUT2D eigenvalue weighted by Crippen LogP contribution is 2.17. The minimum atomic E-state index is 0.200. The Morgan fingerprint density at radius 1 is 1.33 bits per heavy atom. The number of morpholine rings is 1. The van der Waals surface area contributed by atoms with E-state index >= 15 is 0 Å². The highest BCUT2D eigenvalue weighted by atomic mass is 16.5. The first kappa shape index (κ1) is 8.88. The highest BCUT2D eigenvalue weighted by Gasteiger charge is 2.18. The van der Waals surface area contributed by atoms with Crippen molar-refractivity contribution < 1.29 is 4.74 Å². The fourth-order valence-corrected chi connectivity index (χ4v) is 1.88. The second-order valence-electron chi connectivity index (χ2n) is 3.72. The molecule has 1 aromatic carbocycles. The quantitative estimate of drug-likeness (QED) is 0.732. The number of aromatic nitrogens is 2. The average molecular weight is 203 g/mol. The highest BCUT2D eigenvalue weighted by molar-refractivity contribution is 5.74. The van der Waals surface area contributed by atoms with Crippen LogP contribution in [0.5, 0.6) is 0 Å². The second-order valence-corrected chi connectivity index (χ2v) is 3.72. The van der Waals surface area contributed by atoms with Crippen LogP contribution in [0.1, 0.15) is 11.9 Å². The molecule has 1 atom stereocenters. The number of benzene rings is 1. The third-order valence-electron chi connectivity index (χ3n) is 2.66. The van der Waals surface area contributed by atoms with Crippen LogP contribution in [0.15, 0.2) is 24.3 Å². The van der Waals surface area contributed by atoms with E-state index in [2.05, 4.69) is 15.3 Å². The first-order chi connectivity index (χ1) is 7.43. The Balaban J connectivity index is 1.96. The zero-order valence-corrected chi connectivity index (χ0v) is 8.36. The van der Waals surface area contributed by atoms with Gasteiger partial charge in [-0.1, -0.05) is 12.1 Å². The van der Waals surface area contributed by atoms with E-state index in [4.69, 9.17) is 4.74 Å². The molecule has 0 radical (unpaired) electrons. The summed E-state index contributed by atoms with van der Waals surface area (Å²) in [5.41, 5.74) is 2.10. The summed E-state index contributed by atoms with van der Waals surface area (Å²) in [7, 11) is 0. The number of ether oxygens (including phenoxy) is 1. The molecule has 0 spiro atoms. The Labute approximate surface area is 87.7 Å². The summed E-state index contributed by atoms with van der Waals surface area (Å²) >= 11 is 0. The van der Waals surface area contributed by atoms with Crippen LogP contribution >= 0.6 is 0 Å². The normalized spacial score (nSPS) is 22.0. The van der Waals surface area contributed by atoms with Crippen molar-refractivity contribution >= 4 is 11.0 Å². The molecule has 1 aliphatic heterocycles. The van der Waals surface area contributed by atoms with E-state index in [-0.39, 0.29) is 6.04 Å². The van der Waals surface area contributed by atoms with E-state index in [0.29, 0.717) is 6.61 Å². The van der Waals surface area contributed by atoms with Gasteiger partial charge in [0.2, 0.25) is 0 Å². The smallest absolute Gasteiger partial charge is 0.126 e. The number of fused-ring (bicyclic) bond motifs is 1. The largest absolute Gasteiger partial charge is 0.378 e. The van der Waals surface area contributed by atoms with Crippen molar-refractivity contribution in [2.45, 2.75) is 6.04 Å². The van der Waals surface area contributed by atoms with Gasteiger partial charge in [-0.25, -0.2) is 4.98 Å². The van der Waals surface area contributed by atoms with Crippen LogP contribution in [-0.2, 0) is 4.74 Å². The lowest BCUT2D eigenvalue weighted by Crippen LogP contribution is -2.35. The van der Waals surface area contributed by atoms with E-state index in [1.807, 2.05) is 24.3 Å². The molecule has 0 saturated carbocycles. The number of H-pyrrole nitrogens is 1. The Bertz CT molecular complexity index is 427. The lowest BCUT2D eigenvalue weighted by molar-refractivity contribution is 0.0746. The Hall–Kier alpha value is -1.39. The van der Waals surface area contributed by atoms with Crippen molar-refractivity contribution in [2.24, 2.45) is 0 Å². The van der Waals surface area contributed by atoms with Crippen LogP contribution in [-0.4, -0.2) is 29.7 Å². The maximum Gasteiger partial charge on any atom is 0.126 e. The molecule has 2 N–H and O–H groups in total. The molecule has 0 unspecified atom stereocenters. The monoisotopic (exact) mass is 203 g/mol. The van der Waals surface area contributed by atoms with Crippen LogP contribution in [0.4, 0.5) is 0 Å². The molecule has 2 aromatic rings. The molecule has 78 valence electrons. The molecule has 0 aliphatic carbocycles. The Morgan fingerprint density at radius 3 is 3.07 bits per heavy atom. The molecule has 0 amide bonds. The van der Waals surface area contributed by atoms with Crippen LogP contribution < -0.4 is 5.32 Å². The summed E-state index contributed by atoms with van der Waals surface area (Å²) in [6, 6.07) is 8.26.